The average molecular weight is 534 g/mol. The number of esters is 1. The molecule has 3 aliphatic carbocycles. The number of carbonyl (C=O) groups excluding carboxylic acids is 4. The Balaban J connectivity index is 1.35. The Hall–Kier alpha value is -3.48. The summed E-state index contributed by atoms with van der Waals surface area (Å²) in [5, 5.41) is 0. The van der Waals surface area contributed by atoms with Crippen LogP contribution >= 0.6 is 23.2 Å². The summed E-state index contributed by atoms with van der Waals surface area (Å²) in [5.74, 6) is -4.44. The fourth-order valence-electron chi connectivity index (χ4n) is 6.14. The molecule has 6 nitrogen and oxygen atoms in total. The van der Waals surface area contributed by atoms with Gasteiger partial charge >= 0.3 is 5.97 Å². The molecule has 0 N–H and O–H groups in total. The van der Waals surface area contributed by atoms with E-state index in [4.69, 9.17) is 27.9 Å². The van der Waals surface area contributed by atoms with Crippen LogP contribution in [-0.2, 0) is 28.9 Å². The first-order chi connectivity index (χ1) is 17.7. The fourth-order valence-corrected chi connectivity index (χ4v) is 7.24. The number of hydrogen-bond donors (Lipinski definition) is 0. The van der Waals surface area contributed by atoms with Gasteiger partial charge in [0.1, 0.15) is 15.8 Å². The first kappa shape index (κ1) is 23.9. The third kappa shape index (κ3) is 3.06. The molecule has 37 heavy (non-hydrogen) atoms. The van der Waals surface area contributed by atoms with E-state index < -0.39 is 57.8 Å². The topological polar surface area (TPSA) is 80.8 Å². The van der Waals surface area contributed by atoms with Gasteiger partial charge in [-0.25, -0.2) is 4.79 Å². The zero-order chi connectivity index (χ0) is 26.1. The van der Waals surface area contributed by atoms with Gasteiger partial charge in [-0.3, -0.25) is 19.3 Å². The van der Waals surface area contributed by atoms with Crippen LogP contribution in [0.5, 0.6) is 0 Å². The summed E-state index contributed by atoms with van der Waals surface area (Å²) in [7, 11) is 0. The van der Waals surface area contributed by atoms with Gasteiger partial charge < -0.3 is 4.74 Å². The number of benzene rings is 3. The highest BCUT2D eigenvalue weighted by Crippen LogP contribution is 2.69. The minimum absolute atomic E-state index is 0.391. The lowest BCUT2D eigenvalue weighted by molar-refractivity contribution is -0.157. The molecule has 0 aromatic heterocycles. The van der Waals surface area contributed by atoms with Crippen molar-refractivity contribution in [2.24, 2.45) is 11.8 Å². The second kappa shape index (κ2) is 8.27. The van der Waals surface area contributed by atoms with E-state index in [1.54, 1.807) is 30.3 Å². The van der Waals surface area contributed by atoms with E-state index in [1.807, 2.05) is 48.5 Å². The number of ketones is 1. The second-order valence-corrected chi connectivity index (χ2v) is 10.8. The molecule has 4 aliphatic rings. The molecular weight excluding hydrogens is 513 g/mol. The van der Waals surface area contributed by atoms with Crippen molar-refractivity contribution in [2.45, 2.75) is 22.7 Å². The predicted molar refractivity (Wildman–Crippen MR) is 136 cm³/mol. The molecule has 3 aromatic carbocycles. The molecule has 1 aliphatic heterocycles. The number of rotatable bonds is 5. The van der Waals surface area contributed by atoms with Crippen molar-refractivity contribution in [3.8, 4) is 0 Å². The molecule has 1 fully saturated rings. The minimum atomic E-state index is -1.33. The molecule has 0 radical (unpaired) electrons. The van der Waals surface area contributed by atoms with Crippen molar-refractivity contribution >= 4 is 46.8 Å². The van der Waals surface area contributed by atoms with E-state index in [9.17, 15) is 19.2 Å². The summed E-state index contributed by atoms with van der Waals surface area (Å²) in [5.41, 5.74) is 3.11. The second-order valence-electron chi connectivity index (χ2n) is 9.59. The number of alkyl halides is 2. The van der Waals surface area contributed by atoms with E-state index >= 15 is 0 Å². The van der Waals surface area contributed by atoms with Crippen LogP contribution in [0.25, 0.3) is 0 Å². The SMILES string of the molecule is C[C@H](C(=O)OCC(=O)c1ccccc1)N1C(=O)[C@H]2[C@H](C1=O)C1(Cl)c3ccccc3C2(Cl)c2ccccc21. The smallest absolute Gasteiger partial charge is 0.329 e. The van der Waals surface area contributed by atoms with Crippen LogP contribution in [-0.4, -0.2) is 41.1 Å². The maximum atomic E-state index is 13.9. The van der Waals surface area contributed by atoms with Crippen LogP contribution in [0.15, 0.2) is 78.9 Å². The summed E-state index contributed by atoms with van der Waals surface area (Å²) in [6.45, 7) is 0.901. The number of carbonyl (C=O) groups is 4. The van der Waals surface area contributed by atoms with E-state index in [0.717, 1.165) is 4.90 Å². The molecule has 1 heterocycles. The molecule has 0 spiro atoms. The Morgan fingerprint density at radius 2 is 1.19 bits per heavy atom. The summed E-state index contributed by atoms with van der Waals surface area (Å²) in [6, 6.07) is 21.8. The lowest BCUT2D eigenvalue weighted by Crippen LogP contribution is -2.57. The molecular formula is C29H21Cl2NO5. The van der Waals surface area contributed by atoms with Crippen LogP contribution in [0.1, 0.15) is 39.5 Å². The van der Waals surface area contributed by atoms with Crippen molar-refractivity contribution in [2.75, 3.05) is 6.61 Å². The van der Waals surface area contributed by atoms with Gasteiger partial charge in [0.15, 0.2) is 12.4 Å². The molecule has 0 saturated carbocycles. The Bertz CT molecular complexity index is 1360. The average Bonchev–Trinajstić information content (AvgIpc) is 3.21. The number of imide groups is 1. The highest BCUT2D eigenvalue weighted by Gasteiger charge is 2.73. The monoisotopic (exact) mass is 533 g/mol. The number of hydrogen-bond acceptors (Lipinski definition) is 5. The Morgan fingerprint density at radius 1 is 0.784 bits per heavy atom. The number of nitrogens with zero attached hydrogens (tertiary/aromatic N) is 1. The number of halogens is 2. The fraction of sp³-hybridized carbons (Fsp3) is 0.241. The van der Waals surface area contributed by atoms with Gasteiger partial charge in [-0.2, -0.15) is 0 Å². The lowest BCUT2D eigenvalue weighted by atomic mass is 9.54. The van der Waals surface area contributed by atoms with Gasteiger partial charge in [-0.05, 0) is 29.2 Å². The van der Waals surface area contributed by atoms with Gasteiger partial charge in [0.2, 0.25) is 11.8 Å². The van der Waals surface area contributed by atoms with E-state index in [-0.39, 0.29) is 0 Å². The lowest BCUT2D eigenvalue weighted by Gasteiger charge is -2.54. The van der Waals surface area contributed by atoms with Gasteiger partial charge in [-0.15, -0.1) is 23.2 Å². The van der Waals surface area contributed by atoms with Gasteiger partial charge in [0, 0.05) is 5.56 Å². The molecule has 8 heteroatoms. The molecule has 186 valence electrons. The number of ether oxygens (including phenoxy) is 1. The van der Waals surface area contributed by atoms with Crippen molar-refractivity contribution in [3.63, 3.8) is 0 Å². The first-order valence-corrected chi connectivity index (χ1v) is 12.7. The van der Waals surface area contributed by atoms with E-state index in [0.29, 0.717) is 27.8 Å². The largest absolute Gasteiger partial charge is 0.456 e. The highest BCUT2D eigenvalue weighted by atomic mass is 35.5. The maximum absolute atomic E-state index is 13.9. The van der Waals surface area contributed by atoms with Crippen LogP contribution in [0.4, 0.5) is 0 Å². The third-order valence-corrected chi connectivity index (χ3v) is 9.07. The maximum Gasteiger partial charge on any atom is 0.329 e. The van der Waals surface area contributed by atoms with Crippen LogP contribution in [0.2, 0.25) is 0 Å². The standard InChI is InChI=1S/C29H21Cl2NO5/c1-16(27(36)37-15-22(33)17-9-3-2-4-10-17)32-25(34)23-24(26(32)35)29(31)19-12-6-5-11-18(19)28(23,30)20-13-7-8-14-21(20)29/h2-14,16,23-24H,15H2,1H3/t16-,23-,24-,28?,29?/m1/s1. The quantitative estimate of drug-likeness (QED) is 0.210. The highest BCUT2D eigenvalue weighted by molar-refractivity contribution is 6.36. The van der Waals surface area contributed by atoms with Gasteiger partial charge in [0.05, 0.1) is 11.8 Å². The van der Waals surface area contributed by atoms with Crippen molar-refractivity contribution in [3.05, 3.63) is 107 Å². The predicted octanol–water partition coefficient (Wildman–Crippen LogP) is 4.39. The zero-order valence-electron chi connectivity index (χ0n) is 19.7. The third-order valence-electron chi connectivity index (χ3n) is 7.79. The summed E-state index contributed by atoms with van der Waals surface area (Å²) >= 11 is 14.8. The van der Waals surface area contributed by atoms with E-state index in [2.05, 4.69) is 0 Å². The van der Waals surface area contributed by atoms with Crippen molar-refractivity contribution < 1.29 is 23.9 Å². The molecule has 3 atom stereocenters. The van der Waals surface area contributed by atoms with Crippen LogP contribution < -0.4 is 0 Å². The summed E-state index contributed by atoms with van der Waals surface area (Å²) in [4.78, 5) is 51.4. The van der Waals surface area contributed by atoms with Crippen LogP contribution in [0.3, 0.4) is 0 Å². The first-order valence-electron chi connectivity index (χ1n) is 11.9. The Labute approximate surface area is 223 Å². The normalized spacial score (nSPS) is 27.8. The minimum Gasteiger partial charge on any atom is -0.456 e. The molecule has 2 amide bonds. The van der Waals surface area contributed by atoms with Crippen molar-refractivity contribution in [1.29, 1.82) is 0 Å². The number of likely N-dealkylation sites (tertiary alicyclic amines) is 1. The van der Waals surface area contributed by atoms with Crippen LogP contribution in [0, 0.1) is 11.8 Å². The molecule has 2 bridgehead atoms. The Morgan fingerprint density at radius 3 is 1.62 bits per heavy atom. The molecule has 1 saturated heterocycles. The summed E-state index contributed by atoms with van der Waals surface area (Å²) in [6.07, 6.45) is 0. The Kier molecular flexibility index (Phi) is 5.34. The number of Topliss-reactive ketones (excluding diaryl/α,β-unsaturated/α-hetero) is 1. The molecule has 7 rings (SSSR count). The van der Waals surface area contributed by atoms with Gasteiger partial charge in [0.25, 0.3) is 0 Å². The van der Waals surface area contributed by atoms with Gasteiger partial charge in [-0.1, -0.05) is 78.9 Å². The zero-order valence-corrected chi connectivity index (χ0v) is 21.2. The molecule has 0 unspecified atom stereocenters. The number of amides is 2. The van der Waals surface area contributed by atoms with Crippen molar-refractivity contribution in [1.82, 2.24) is 4.90 Å². The van der Waals surface area contributed by atoms with E-state index in [1.165, 1.54) is 6.92 Å². The summed E-state index contributed by atoms with van der Waals surface area (Å²) < 4.78 is 5.23. The molecule has 3 aromatic rings.